The van der Waals surface area contributed by atoms with E-state index in [1.165, 1.54) is 10.4 Å². The molecule has 8 aromatic carbocycles. The topological polar surface area (TPSA) is 72.5 Å². The minimum absolute atomic E-state index is 0.215. The van der Waals surface area contributed by atoms with Crippen LogP contribution in [0.5, 0.6) is 34.5 Å². The second kappa shape index (κ2) is 14.9. The van der Waals surface area contributed by atoms with Gasteiger partial charge in [0.25, 0.3) is 13.4 Å². The van der Waals surface area contributed by atoms with E-state index in [0.29, 0.717) is 0 Å². The van der Waals surface area contributed by atoms with Crippen molar-refractivity contribution in [1.29, 1.82) is 0 Å². The monoisotopic (exact) mass is 991 g/mol. The van der Waals surface area contributed by atoms with Crippen molar-refractivity contribution in [3.63, 3.8) is 0 Å². The van der Waals surface area contributed by atoms with Crippen molar-refractivity contribution in [3.05, 3.63) is 140 Å². The second-order valence-electron chi connectivity index (χ2n) is 18.6. The van der Waals surface area contributed by atoms with E-state index >= 15 is 0 Å². The van der Waals surface area contributed by atoms with E-state index in [9.17, 15) is 0 Å². The van der Waals surface area contributed by atoms with Gasteiger partial charge in [-0.05, 0) is 131 Å². The molecule has 6 aliphatic heterocycles. The van der Waals surface area contributed by atoms with Gasteiger partial charge in [0.15, 0.2) is 5.75 Å². The van der Waals surface area contributed by atoms with Crippen molar-refractivity contribution >= 4 is 179 Å². The highest BCUT2D eigenvalue weighted by molar-refractivity contribution is 8.00. The molecule has 0 saturated carbocycles. The molecule has 16 rings (SSSR count). The molecule has 0 unspecified atom stereocenters. The fraction of sp³-hybridized carbons (Fsp3) is 0.0714. The van der Waals surface area contributed by atoms with Gasteiger partial charge >= 0.3 is 6.71 Å². The molecule has 15 heteroatoms. The summed E-state index contributed by atoms with van der Waals surface area (Å²) in [4.78, 5) is 5.78. The maximum Gasteiger partial charge on any atom is 0.301 e. The number of furan rings is 2. The van der Waals surface area contributed by atoms with E-state index in [2.05, 4.69) is 167 Å². The van der Waals surface area contributed by atoms with Crippen molar-refractivity contribution in [3.8, 4) is 34.5 Å². The SMILES string of the molecule is CSc1cc2c3c(c1)Oc1cc4c(cc1B3c1cc3c(cc1O2)Nc1cc(SC)cc2c1B3c1oc3ccccc3c1N2c1ccccc1)B1c2oc3ccccc3c2Oc2cc(SC)cc(c21)N4SC. The number of fused-ring (bicyclic) bond motifs is 16. The van der Waals surface area contributed by atoms with Gasteiger partial charge in [0, 0.05) is 72.1 Å². The molecule has 0 radical (unpaired) electrons. The van der Waals surface area contributed by atoms with E-state index in [1.807, 2.05) is 12.1 Å². The fourth-order valence-electron chi connectivity index (χ4n) is 12.2. The van der Waals surface area contributed by atoms with Crippen LogP contribution in [0.1, 0.15) is 0 Å². The van der Waals surface area contributed by atoms with E-state index in [1.54, 1.807) is 47.2 Å². The molecule has 0 saturated heterocycles. The van der Waals surface area contributed by atoms with Crippen molar-refractivity contribution in [1.82, 2.24) is 0 Å². The van der Waals surface area contributed by atoms with E-state index in [4.69, 9.17) is 23.0 Å². The number of para-hydroxylation sites is 3. The summed E-state index contributed by atoms with van der Waals surface area (Å²) < 4.78 is 37.6. The Balaban J connectivity index is 0.947. The summed E-state index contributed by atoms with van der Waals surface area (Å²) in [5.74, 6) is 4.88. The summed E-state index contributed by atoms with van der Waals surface area (Å²) >= 11 is 6.84. The summed E-state index contributed by atoms with van der Waals surface area (Å²) in [6.45, 7) is -0.673. The van der Waals surface area contributed by atoms with Gasteiger partial charge in [-0.2, -0.15) is 0 Å². The summed E-state index contributed by atoms with van der Waals surface area (Å²) in [7, 11) is 0. The van der Waals surface area contributed by atoms with Gasteiger partial charge in [-0.3, -0.25) is 4.31 Å². The van der Waals surface area contributed by atoms with E-state index < -0.39 is 0 Å². The van der Waals surface area contributed by atoms with Gasteiger partial charge in [-0.1, -0.05) is 54.6 Å². The zero-order chi connectivity index (χ0) is 47.0. The molecule has 8 nitrogen and oxygen atoms in total. The lowest BCUT2D eigenvalue weighted by Crippen LogP contribution is -2.64. The first kappa shape index (κ1) is 40.9. The van der Waals surface area contributed by atoms with Crippen molar-refractivity contribution in [2.75, 3.05) is 39.5 Å². The molecule has 0 aliphatic carbocycles. The van der Waals surface area contributed by atoms with Crippen LogP contribution in [0.3, 0.4) is 0 Å². The van der Waals surface area contributed by atoms with Gasteiger partial charge < -0.3 is 33.3 Å². The van der Waals surface area contributed by atoms with Gasteiger partial charge in [0.1, 0.15) is 45.6 Å². The Morgan fingerprint density at radius 1 is 0.451 bits per heavy atom. The summed E-state index contributed by atoms with van der Waals surface area (Å²) in [5, 5.41) is 6.01. The van der Waals surface area contributed by atoms with Gasteiger partial charge in [-0.25, -0.2) is 0 Å². The van der Waals surface area contributed by atoms with Crippen LogP contribution in [0, 0.1) is 0 Å². The average Bonchev–Trinajstić information content (AvgIpc) is 3.98. The molecule has 0 fully saturated rings. The standard InChI is InChI=1S/C56H36B3N3O5S4/c1-68-29-18-39-50-41(19-29)61(28-12-6-5-7-13-28)53-32-14-8-10-16-43(32)66-55(53)58(50)34-24-36-45(26-38(34)60-39)63-48-22-31(70-3)23-49-52(48)57(36)37-25-35-40(27-46(37)64-49)62(71-4)42-20-30(69-2)21-47-51(42)59(35)56-54(65-47)33-15-9-11-17-44(33)67-56/h5-27,60H,1-4H3. The maximum absolute atomic E-state index is 7.16. The van der Waals surface area contributed by atoms with Crippen molar-refractivity contribution < 1.29 is 23.0 Å². The molecule has 6 aliphatic rings. The van der Waals surface area contributed by atoms with Crippen molar-refractivity contribution in [2.45, 2.75) is 14.7 Å². The Morgan fingerprint density at radius 2 is 1.06 bits per heavy atom. The largest absolute Gasteiger partial charge is 0.468 e. The molecule has 338 valence electrons. The lowest BCUT2D eigenvalue weighted by atomic mass is 9.31. The van der Waals surface area contributed by atoms with Crippen LogP contribution in [-0.2, 0) is 0 Å². The molecule has 0 spiro atoms. The predicted octanol–water partition coefficient (Wildman–Crippen LogP) is 9.78. The molecule has 10 aromatic rings. The van der Waals surface area contributed by atoms with E-state index in [-0.39, 0.29) is 20.1 Å². The zero-order valence-corrected chi connectivity index (χ0v) is 41.8. The molecular weight excluding hydrogens is 955 g/mol. The molecule has 8 heterocycles. The molecule has 0 bridgehead atoms. The van der Waals surface area contributed by atoms with Crippen LogP contribution >= 0.6 is 47.2 Å². The van der Waals surface area contributed by atoms with Crippen LogP contribution in [0.4, 0.5) is 39.8 Å². The number of rotatable bonds is 5. The maximum atomic E-state index is 7.16. The third-order valence-corrected chi connectivity index (χ3v) is 18.1. The Hall–Kier alpha value is -6.77. The smallest absolute Gasteiger partial charge is 0.301 e. The lowest BCUT2D eigenvalue weighted by molar-refractivity contribution is 0.462. The third-order valence-electron chi connectivity index (χ3n) is 15.2. The summed E-state index contributed by atoms with van der Waals surface area (Å²) in [6.07, 6.45) is 8.51. The first-order valence-electron chi connectivity index (χ1n) is 23.5. The zero-order valence-electron chi connectivity index (χ0n) is 38.6. The van der Waals surface area contributed by atoms with Gasteiger partial charge in [0.05, 0.1) is 28.1 Å². The Kier molecular flexibility index (Phi) is 8.58. The molecule has 1 N–H and O–H groups in total. The third kappa shape index (κ3) is 5.52. The average molecular weight is 992 g/mol. The number of nitrogens with zero attached hydrogens (tertiary/aromatic N) is 2. The van der Waals surface area contributed by atoms with Crippen LogP contribution in [0.2, 0.25) is 0 Å². The van der Waals surface area contributed by atoms with Crippen LogP contribution < -0.4 is 78.3 Å². The molecule has 0 amide bonds. The van der Waals surface area contributed by atoms with Crippen LogP contribution in [-0.4, -0.2) is 45.2 Å². The highest BCUT2D eigenvalue weighted by atomic mass is 32.2. The normalized spacial score (nSPS) is 14.5. The lowest BCUT2D eigenvalue weighted by Gasteiger charge is -2.41. The molecule has 71 heavy (non-hydrogen) atoms. The van der Waals surface area contributed by atoms with Crippen molar-refractivity contribution in [2.24, 2.45) is 0 Å². The molecule has 2 aromatic heterocycles. The Labute approximate surface area is 427 Å². The Bertz CT molecular complexity index is 4030. The number of thioether (sulfide) groups is 3. The molecule has 0 atom stereocenters. The summed E-state index contributed by atoms with van der Waals surface area (Å²) in [6, 6.07) is 50.1. The van der Waals surface area contributed by atoms with Gasteiger partial charge in [0.2, 0.25) is 0 Å². The first-order chi connectivity index (χ1) is 35.0. The number of ether oxygens (including phenoxy) is 3. The van der Waals surface area contributed by atoms with Crippen LogP contribution in [0.25, 0.3) is 21.9 Å². The number of benzene rings is 8. The number of hydrogen-bond acceptors (Lipinski definition) is 12. The predicted molar refractivity (Wildman–Crippen MR) is 301 cm³/mol. The first-order valence-corrected chi connectivity index (χ1v) is 28.4. The Morgan fingerprint density at radius 3 is 1.80 bits per heavy atom. The second-order valence-corrected chi connectivity index (χ2v) is 22.0. The minimum Gasteiger partial charge on any atom is -0.468 e. The quantitative estimate of drug-likeness (QED) is 0.102. The highest BCUT2D eigenvalue weighted by Gasteiger charge is 2.50. The van der Waals surface area contributed by atoms with Gasteiger partial charge in [-0.15, -0.1) is 35.3 Å². The highest BCUT2D eigenvalue weighted by Crippen LogP contribution is 2.48. The number of nitrogens with one attached hydrogen (secondary N) is 1. The van der Waals surface area contributed by atoms with E-state index in [0.717, 1.165) is 150 Å². The molecular formula is C56H36B3N3O5S4. The minimum atomic E-state index is -0.232. The number of hydrogen-bond donors (Lipinski definition) is 1. The fourth-order valence-corrected chi connectivity index (χ4v) is 14.3. The summed E-state index contributed by atoms with van der Waals surface area (Å²) in [5.41, 5.74) is 18.7. The van der Waals surface area contributed by atoms with Crippen LogP contribution in [0.15, 0.2) is 163 Å². The number of anilines is 7.